The van der Waals surface area contributed by atoms with E-state index >= 15 is 0 Å². The summed E-state index contributed by atoms with van der Waals surface area (Å²) < 4.78 is 9.98. The maximum absolute atomic E-state index is 6.16. The van der Waals surface area contributed by atoms with Crippen LogP contribution in [-0.2, 0) is 0 Å². The molecule has 4 nitrogen and oxygen atoms in total. The summed E-state index contributed by atoms with van der Waals surface area (Å²) >= 11 is 0. The zero-order valence-electron chi connectivity index (χ0n) is 17.1. The molecule has 5 rings (SSSR count). The highest BCUT2D eigenvalue weighted by Crippen LogP contribution is 2.30. The van der Waals surface area contributed by atoms with Gasteiger partial charge in [0.2, 0.25) is 11.9 Å². The first-order valence-electron chi connectivity index (χ1n) is 10.1. The van der Waals surface area contributed by atoms with Crippen molar-refractivity contribution in [2.24, 2.45) is 0 Å². The second-order valence-corrected chi connectivity index (χ2v) is 7.30. The van der Waals surface area contributed by atoms with Crippen LogP contribution in [0.4, 0.5) is 5.69 Å². The van der Waals surface area contributed by atoms with E-state index in [1.807, 2.05) is 102 Å². The second kappa shape index (κ2) is 8.23. The average Bonchev–Trinajstić information content (AvgIpc) is 3.26. The Morgan fingerprint density at radius 3 is 2.29 bits per heavy atom. The lowest BCUT2D eigenvalue weighted by atomic mass is 10.0. The summed E-state index contributed by atoms with van der Waals surface area (Å²) in [7, 11) is 1.95. The van der Waals surface area contributed by atoms with Crippen LogP contribution in [0.1, 0.15) is 0 Å². The number of benzene rings is 3. The first-order chi connectivity index (χ1) is 15.2. The highest BCUT2D eigenvalue weighted by Gasteiger charge is 2.16. The number of rotatable bonds is 5. The number of ether oxygens (including phenoxy) is 1. The molecule has 0 unspecified atom stereocenters. The Morgan fingerprint density at radius 1 is 0.710 bits per heavy atom. The summed E-state index contributed by atoms with van der Waals surface area (Å²) in [4.78, 5) is 4.57. The van der Waals surface area contributed by atoms with Crippen molar-refractivity contribution in [3.63, 3.8) is 0 Å². The zero-order chi connectivity index (χ0) is 21.0. The van der Waals surface area contributed by atoms with Crippen molar-refractivity contribution in [1.82, 2.24) is 4.98 Å². The fourth-order valence-corrected chi connectivity index (χ4v) is 3.50. The van der Waals surface area contributed by atoms with E-state index in [1.54, 1.807) is 0 Å². The molecule has 1 aliphatic rings. The van der Waals surface area contributed by atoms with Gasteiger partial charge in [-0.2, -0.15) is 0 Å². The lowest BCUT2D eigenvalue weighted by molar-refractivity contribution is -0.429. The molecule has 3 aromatic carbocycles. The van der Waals surface area contributed by atoms with Gasteiger partial charge in [0.25, 0.3) is 6.20 Å². The normalized spacial score (nSPS) is 12.4. The van der Waals surface area contributed by atoms with Crippen LogP contribution in [0.2, 0.25) is 0 Å². The van der Waals surface area contributed by atoms with Gasteiger partial charge in [-0.05, 0) is 41.5 Å². The molecule has 1 aromatic heterocycles. The quantitative estimate of drug-likeness (QED) is 0.374. The van der Waals surface area contributed by atoms with Crippen LogP contribution in [0, 0.1) is 0 Å². The Balaban J connectivity index is 1.42. The van der Waals surface area contributed by atoms with E-state index in [0.29, 0.717) is 0 Å². The van der Waals surface area contributed by atoms with Crippen molar-refractivity contribution in [1.29, 1.82) is 0 Å². The fraction of sp³-hybridized carbons (Fsp3) is 0.0370. The Bertz CT molecular complexity index is 1350. The zero-order valence-corrected chi connectivity index (χ0v) is 17.1. The average molecular weight is 403 g/mol. The molecule has 0 saturated carbocycles. The molecule has 0 bridgehead atoms. The summed E-state index contributed by atoms with van der Waals surface area (Å²) in [6.07, 6.45) is 5.76. The van der Waals surface area contributed by atoms with E-state index in [4.69, 9.17) is 4.74 Å². The van der Waals surface area contributed by atoms with Crippen LogP contribution >= 0.6 is 0 Å². The third kappa shape index (κ3) is 4.20. The van der Waals surface area contributed by atoms with Crippen LogP contribution in [0.5, 0.6) is 11.5 Å². The van der Waals surface area contributed by atoms with Gasteiger partial charge in [0, 0.05) is 17.8 Å². The number of aromatic nitrogens is 1. The van der Waals surface area contributed by atoms with Crippen molar-refractivity contribution in [2.75, 3.05) is 7.05 Å². The predicted molar refractivity (Wildman–Crippen MR) is 122 cm³/mol. The third-order valence-electron chi connectivity index (χ3n) is 5.03. The van der Waals surface area contributed by atoms with E-state index in [1.165, 1.54) is 5.56 Å². The molecular formula is C27H21N3O+2. The van der Waals surface area contributed by atoms with Gasteiger partial charge >= 0.3 is 6.01 Å². The molecule has 1 aliphatic heterocycles. The Labute approximate surface area is 181 Å². The Kier molecular flexibility index (Phi) is 4.97. The summed E-state index contributed by atoms with van der Waals surface area (Å²) in [5.74, 6) is 1.54. The highest BCUT2D eigenvalue weighted by atomic mass is 16.5. The molecule has 0 saturated heterocycles. The summed E-state index contributed by atoms with van der Waals surface area (Å²) in [6, 6.07) is 33.6. The van der Waals surface area contributed by atoms with Crippen LogP contribution in [0.15, 0.2) is 110 Å². The van der Waals surface area contributed by atoms with E-state index in [-0.39, 0.29) is 0 Å². The minimum absolute atomic E-state index is 0.767. The lowest BCUT2D eigenvalue weighted by Crippen LogP contribution is -1.94. The number of pyridine rings is 1. The van der Waals surface area contributed by atoms with Crippen molar-refractivity contribution < 1.29 is 13.9 Å². The van der Waals surface area contributed by atoms with Crippen LogP contribution in [0.25, 0.3) is 22.4 Å². The van der Waals surface area contributed by atoms with Gasteiger partial charge in [-0.15, -0.1) is 0 Å². The highest BCUT2D eigenvalue weighted by molar-refractivity contribution is 5.70. The summed E-state index contributed by atoms with van der Waals surface area (Å²) in [5.41, 5.74) is 5.23. The molecule has 0 fully saturated rings. The first-order valence-corrected chi connectivity index (χ1v) is 10.1. The van der Waals surface area contributed by atoms with Gasteiger partial charge in [0.15, 0.2) is 7.05 Å². The minimum Gasteiger partial charge on any atom is -0.457 e. The molecule has 0 radical (unpaired) electrons. The largest absolute Gasteiger partial charge is 0.495 e. The van der Waals surface area contributed by atoms with Crippen molar-refractivity contribution in [3.05, 3.63) is 110 Å². The summed E-state index contributed by atoms with van der Waals surface area (Å²) in [6.45, 7) is 0. The maximum Gasteiger partial charge on any atom is 0.495 e. The van der Waals surface area contributed by atoms with Crippen LogP contribution in [0.3, 0.4) is 0 Å². The van der Waals surface area contributed by atoms with Gasteiger partial charge in [-0.25, -0.2) is 0 Å². The van der Waals surface area contributed by atoms with E-state index in [2.05, 4.69) is 35.3 Å². The van der Waals surface area contributed by atoms with E-state index in [0.717, 1.165) is 34.0 Å². The third-order valence-corrected chi connectivity index (χ3v) is 5.03. The van der Waals surface area contributed by atoms with Crippen molar-refractivity contribution in [3.8, 4) is 33.9 Å². The second-order valence-electron chi connectivity index (χ2n) is 7.30. The molecule has 0 aliphatic carbocycles. The van der Waals surface area contributed by atoms with E-state index in [9.17, 15) is 0 Å². The molecular weight excluding hydrogens is 382 g/mol. The minimum atomic E-state index is 0.767. The van der Waals surface area contributed by atoms with Crippen LogP contribution < -0.4 is 4.74 Å². The molecule has 2 heterocycles. The molecule has 4 aromatic rings. The van der Waals surface area contributed by atoms with Gasteiger partial charge in [0.05, 0.1) is 11.8 Å². The molecule has 0 N–H and O–H groups in total. The topological polar surface area (TPSA) is 28.1 Å². The number of nitrogens with zero attached hydrogens (tertiary/aromatic N) is 3. The van der Waals surface area contributed by atoms with Gasteiger partial charge in [-0.1, -0.05) is 57.7 Å². The lowest BCUT2D eigenvalue weighted by Gasteiger charge is -2.09. The molecule has 0 amide bonds. The standard InChI is InChI=1S/C27H21N3O/c1-29-15-16-30(20-29)24-10-6-12-26(19-24)31-25-11-5-9-23(17-25)27-18-22(13-14-28-27)21-7-3-2-4-8-21/h2-19H,1H3/q+2. The Hall–Kier alpha value is -4.27. The number of hydrogen-bond acceptors (Lipinski definition) is 2. The fourth-order valence-electron chi connectivity index (χ4n) is 3.50. The van der Waals surface area contributed by atoms with Gasteiger partial charge < -0.3 is 4.74 Å². The molecule has 4 heteroatoms. The summed E-state index contributed by atoms with van der Waals surface area (Å²) in [5, 5.41) is 0. The molecule has 0 spiro atoms. The molecule has 0 atom stereocenters. The smallest absolute Gasteiger partial charge is 0.457 e. The molecule has 148 valence electrons. The van der Waals surface area contributed by atoms with E-state index < -0.39 is 0 Å². The Morgan fingerprint density at radius 2 is 1.48 bits per heavy atom. The molecule has 31 heavy (non-hydrogen) atoms. The SMILES string of the molecule is C[N+]1=C=[N+](c2cccc(Oc3cccc(-c4cc(-c5ccccc5)ccn4)c3)c2)C=C1. The number of hydrogen-bond donors (Lipinski definition) is 0. The predicted octanol–water partition coefficient (Wildman–Crippen LogP) is 6.15. The van der Waals surface area contributed by atoms with Gasteiger partial charge in [-0.3, -0.25) is 4.98 Å². The van der Waals surface area contributed by atoms with Crippen LogP contribution in [-0.4, -0.2) is 27.2 Å². The first kappa shape index (κ1) is 18.7. The van der Waals surface area contributed by atoms with Crippen molar-refractivity contribution >= 4 is 11.7 Å². The van der Waals surface area contributed by atoms with Crippen molar-refractivity contribution in [2.45, 2.75) is 0 Å². The monoisotopic (exact) mass is 403 g/mol. The maximum atomic E-state index is 6.16. The van der Waals surface area contributed by atoms with Gasteiger partial charge in [0.1, 0.15) is 11.5 Å².